The average molecular weight is 389 g/mol. The van der Waals surface area contributed by atoms with Gasteiger partial charge in [-0.25, -0.2) is 4.79 Å². The Morgan fingerprint density at radius 2 is 2.14 bits per heavy atom. The van der Waals surface area contributed by atoms with Crippen molar-refractivity contribution in [3.63, 3.8) is 0 Å². The Morgan fingerprint density at radius 3 is 3.04 bits per heavy atom. The number of ether oxygens (including phenoxy) is 1. The number of hydrogen-bond donors (Lipinski definition) is 3. The van der Waals surface area contributed by atoms with Gasteiger partial charge in [-0.3, -0.25) is 10.1 Å². The SMILES string of the molecule is O=C1NCC/C=C\C(F)(F)c2cc(ccn2)Nc2cc([nH]n2)C2CCC(C2)O1. The molecule has 4 rings (SSSR count). The first-order chi connectivity index (χ1) is 13.5. The van der Waals surface area contributed by atoms with Crippen molar-refractivity contribution in [1.29, 1.82) is 0 Å². The number of pyridine rings is 1. The molecule has 6 bridgehead atoms. The van der Waals surface area contributed by atoms with Gasteiger partial charge in [0.25, 0.3) is 0 Å². The van der Waals surface area contributed by atoms with E-state index in [4.69, 9.17) is 4.74 Å². The fourth-order valence-corrected chi connectivity index (χ4v) is 3.55. The number of hydrogen-bond acceptors (Lipinski definition) is 5. The lowest BCUT2D eigenvalue weighted by molar-refractivity contribution is 0.0470. The maximum atomic E-state index is 14.4. The monoisotopic (exact) mass is 389 g/mol. The number of anilines is 2. The molecular formula is C19H21F2N5O2. The molecule has 2 atom stereocenters. The zero-order valence-electron chi connectivity index (χ0n) is 15.1. The number of aromatic amines is 1. The van der Waals surface area contributed by atoms with E-state index in [0.717, 1.165) is 31.0 Å². The van der Waals surface area contributed by atoms with Crippen LogP contribution in [0.5, 0.6) is 0 Å². The number of nitrogens with zero attached hydrogens (tertiary/aromatic N) is 2. The molecule has 0 radical (unpaired) electrons. The number of H-pyrrole nitrogens is 1. The number of nitrogens with one attached hydrogen (secondary N) is 3. The van der Waals surface area contributed by atoms with Crippen LogP contribution in [0.25, 0.3) is 0 Å². The molecular weight excluding hydrogens is 368 g/mol. The first kappa shape index (κ1) is 18.4. The lowest BCUT2D eigenvalue weighted by atomic mass is 10.0. The number of alkyl carbamates (subject to hydrolysis) is 1. The molecule has 1 fully saturated rings. The van der Waals surface area contributed by atoms with Gasteiger partial charge in [-0.15, -0.1) is 0 Å². The molecule has 1 aliphatic heterocycles. The maximum Gasteiger partial charge on any atom is 0.407 e. The summed E-state index contributed by atoms with van der Waals surface area (Å²) >= 11 is 0. The van der Waals surface area contributed by atoms with Crippen LogP contribution in [-0.2, 0) is 10.7 Å². The number of carbonyl (C=O) groups excluding carboxylic acids is 1. The number of fused-ring (bicyclic) bond motifs is 7. The molecule has 9 heteroatoms. The van der Waals surface area contributed by atoms with Crippen LogP contribution >= 0.6 is 0 Å². The number of rotatable bonds is 0. The number of allylic oxidation sites excluding steroid dienone is 1. The van der Waals surface area contributed by atoms with E-state index in [1.807, 2.05) is 6.07 Å². The summed E-state index contributed by atoms with van der Waals surface area (Å²) in [5.74, 6) is -2.48. The van der Waals surface area contributed by atoms with Gasteiger partial charge in [0.05, 0.1) is 0 Å². The van der Waals surface area contributed by atoms with E-state index in [1.54, 1.807) is 6.07 Å². The third-order valence-electron chi connectivity index (χ3n) is 4.98. The van der Waals surface area contributed by atoms with Gasteiger partial charge in [0.15, 0.2) is 5.82 Å². The summed E-state index contributed by atoms with van der Waals surface area (Å²) in [4.78, 5) is 15.7. The topological polar surface area (TPSA) is 91.9 Å². The van der Waals surface area contributed by atoms with E-state index in [2.05, 4.69) is 25.8 Å². The van der Waals surface area contributed by atoms with Crippen LogP contribution in [-0.4, -0.2) is 33.9 Å². The van der Waals surface area contributed by atoms with Crippen LogP contribution in [0.2, 0.25) is 0 Å². The standard InChI is InChI=1S/C19H21F2N5O2/c20-19(21)6-1-2-7-23-18(27)28-14-4-3-12(9-14)15-11-17(26-25-15)24-13-5-8-22-16(19)10-13/h1,5-6,8,10-12,14H,2-4,7,9H2,(H,23,27)(H2,24,25,26)/b6-1-. The third kappa shape index (κ3) is 4.13. The van der Waals surface area contributed by atoms with E-state index in [-0.39, 0.29) is 30.7 Å². The molecule has 7 nitrogen and oxygen atoms in total. The average Bonchev–Trinajstić information content (AvgIpc) is 3.30. The van der Waals surface area contributed by atoms with Gasteiger partial charge in [-0.05, 0) is 43.9 Å². The minimum absolute atomic E-state index is 0.161. The highest BCUT2D eigenvalue weighted by Crippen LogP contribution is 2.36. The van der Waals surface area contributed by atoms with E-state index in [0.29, 0.717) is 11.5 Å². The molecule has 2 unspecified atom stereocenters. The number of halogens is 2. The van der Waals surface area contributed by atoms with Crippen LogP contribution in [0.4, 0.5) is 25.1 Å². The Kier molecular flexibility index (Phi) is 4.97. The van der Waals surface area contributed by atoms with Crippen molar-refractivity contribution in [2.45, 2.75) is 43.6 Å². The number of amides is 1. The summed E-state index contributed by atoms with van der Waals surface area (Å²) in [6, 6.07) is 4.78. The normalized spacial score (nSPS) is 25.6. The third-order valence-corrected chi connectivity index (χ3v) is 4.98. The van der Waals surface area contributed by atoms with Gasteiger partial charge in [0.2, 0.25) is 0 Å². The summed E-state index contributed by atoms with van der Waals surface area (Å²) in [7, 11) is 0. The van der Waals surface area contributed by atoms with Gasteiger partial charge in [-0.1, -0.05) is 6.08 Å². The lowest BCUT2D eigenvalue weighted by Gasteiger charge is -2.14. The maximum absolute atomic E-state index is 14.4. The predicted molar refractivity (Wildman–Crippen MR) is 98.6 cm³/mol. The van der Waals surface area contributed by atoms with Crippen molar-refractivity contribution in [3.05, 3.63) is 47.9 Å². The van der Waals surface area contributed by atoms with Crippen molar-refractivity contribution in [3.8, 4) is 0 Å². The van der Waals surface area contributed by atoms with Crippen molar-refractivity contribution >= 4 is 17.6 Å². The first-order valence-electron chi connectivity index (χ1n) is 9.28. The molecule has 2 aromatic rings. The fourth-order valence-electron chi connectivity index (χ4n) is 3.55. The van der Waals surface area contributed by atoms with Gasteiger partial charge >= 0.3 is 12.0 Å². The first-order valence-corrected chi connectivity index (χ1v) is 9.28. The Bertz CT molecular complexity index is 883. The zero-order chi connectivity index (χ0) is 19.6. The van der Waals surface area contributed by atoms with Crippen molar-refractivity contribution in [2.24, 2.45) is 0 Å². The van der Waals surface area contributed by atoms with Crippen LogP contribution in [0, 0.1) is 0 Å². The summed E-state index contributed by atoms with van der Waals surface area (Å²) < 4.78 is 34.2. The van der Waals surface area contributed by atoms with Crippen molar-refractivity contribution in [2.75, 3.05) is 11.9 Å². The van der Waals surface area contributed by atoms with E-state index < -0.39 is 12.0 Å². The van der Waals surface area contributed by atoms with E-state index >= 15 is 0 Å². The van der Waals surface area contributed by atoms with Crippen LogP contribution in [0.1, 0.15) is 43.0 Å². The summed E-state index contributed by atoms with van der Waals surface area (Å²) in [5.41, 5.74) is 1.05. The highest BCUT2D eigenvalue weighted by Gasteiger charge is 2.31. The molecule has 0 spiro atoms. The summed E-state index contributed by atoms with van der Waals surface area (Å²) in [6.45, 7) is 0.223. The second-order valence-electron chi connectivity index (χ2n) is 7.04. The number of alkyl halides is 2. The largest absolute Gasteiger partial charge is 0.446 e. The Labute approximate surface area is 160 Å². The van der Waals surface area contributed by atoms with Crippen LogP contribution in [0.15, 0.2) is 36.5 Å². The smallest absolute Gasteiger partial charge is 0.407 e. The molecule has 1 amide bonds. The van der Waals surface area contributed by atoms with Crippen LogP contribution in [0.3, 0.4) is 0 Å². The molecule has 2 aliphatic rings. The highest BCUT2D eigenvalue weighted by molar-refractivity contribution is 5.67. The molecule has 1 aliphatic carbocycles. The Balaban J connectivity index is 1.61. The lowest BCUT2D eigenvalue weighted by Crippen LogP contribution is -2.28. The van der Waals surface area contributed by atoms with Crippen molar-refractivity contribution < 1.29 is 18.3 Å². The highest BCUT2D eigenvalue weighted by atomic mass is 19.3. The number of carbonyl (C=O) groups is 1. The molecule has 3 heterocycles. The van der Waals surface area contributed by atoms with Gasteiger partial charge < -0.3 is 15.4 Å². The van der Waals surface area contributed by atoms with Gasteiger partial charge in [0, 0.05) is 36.1 Å². The molecule has 0 saturated heterocycles. The van der Waals surface area contributed by atoms with E-state index in [9.17, 15) is 13.6 Å². The quantitative estimate of drug-likeness (QED) is 0.593. The molecule has 3 N–H and O–H groups in total. The second kappa shape index (κ2) is 7.57. The minimum Gasteiger partial charge on any atom is -0.446 e. The van der Waals surface area contributed by atoms with Crippen molar-refractivity contribution in [1.82, 2.24) is 20.5 Å². The van der Waals surface area contributed by atoms with Gasteiger partial charge in [0.1, 0.15) is 11.8 Å². The fraction of sp³-hybridized carbons (Fsp3) is 0.421. The Morgan fingerprint density at radius 1 is 1.25 bits per heavy atom. The molecule has 148 valence electrons. The Hall–Kier alpha value is -2.97. The zero-order valence-corrected chi connectivity index (χ0v) is 15.1. The molecule has 1 saturated carbocycles. The second-order valence-corrected chi connectivity index (χ2v) is 7.04. The minimum atomic E-state index is -3.22. The molecule has 0 aromatic carbocycles. The molecule has 28 heavy (non-hydrogen) atoms. The van der Waals surface area contributed by atoms with Gasteiger partial charge in [-0.2, -0.15) is 13.9 Å². The molecule has 2 aromatic heterocycles. The number of aromatic nitrogens is 3. The van der Waals surface area contributed by atoms with Crippen LogP contribution < -0.4 is 10.6 Å². The summed E-state index contributed by atoms with van der Waals surface area (Å²) in [6.07, 6.45) is 5.43. The predicted octanol–water partition coefficient (Wildman–Crippen LogP) is 3.96. The van der Waals surface area contributed by atoms with E-state index in [1.165, 1.54) is 18.3 Å². The summed E-state index contributed by atoms with van der Waals surface area (Å²) in [5, 5.41) is 12.8.